The minimum atomic E-state index is -3.99. The van der Waals surface area contributed by atoms with Gasteiger partial charge in [0.05, 0.1) is 24.2 Å². The average Bonchev–Trinajstić information content (AvgIpc) is 3.09. The van der Waals surface area contributed by atoms with Crippen molar-refractivity contribution in [3.05, 3.63) is 34.4 Å². The predicted octanol–water partition coefficient (Wildman–Crippen LogP) is 1.51. The van der Waals surface area contributed by atoms with Gasteiger partial charge < -0.3 is 9.47 Å². The van der Waals surface area contributed by atoms with Crippen LogP contribution in [-0.2, 0) is 19.5 Å². The van der Waals surface area contributed by atoms with Crippen LogP contribution in [0.3, 0.4) is 0 Å². The lowest BCUT2D eigenvalue weighted by Crippen LogP contribution is -2.50. The van der Waals surface area contributed by atoms with E-state index < -0.39 is 33.0 Å². The van der Waals surface area contributed by atoms with Gasteiger partial charge in [0.15, 0.2) is 11.2 Å². The van der Waals surface area contributed by atoms with E-state index in [4.69, 9.17) is 9.47 Å². The minimum absolute atomic E-state index is 0.283. The summed E-state index contributed by atoms with van der Waals surface area (Å²) in [5, 5.41) is 11.2. The second-order valence-corrected chi connectivity index (χ2v) is 7.37. The standard InChI is InChI=1S/C14H18N2O6S/c17-16(18)11-5-1-2-7-13(11)23(19,20)15-8-4-3-6-12(15)14-21-9-10-22-14/h1-2,5,7,12,14H,3-4,6,8-10H2/t12-/m1/s1. The number of hydrogen-bond acceptors (Lipinski definition) is 6. The Kier molecular flexibility index (Phi) is 4.62. The fraction of sp³-hybridized carbons (Fsp3) is 0.571. The van der Waals surface area contributed by atoms with Crippen LogP contribution in [0.1, 0.15) is 19.3 Å². The van der Waals surface area contributed by atoms with Gasteiger partial charge in [-0.1, -0.05) is 18.6 Å². The Bertz CT molecular complexity index is 686. The molecular formula is C14H18N2O6S. The molecule has 0 N–H and O–H groups in total. The highest BCUT2D eigenvalue weighted by atomic mass is 32.2. The Balaban J connectivity index is 1.98. The van der Waals surface area contributed by atoms with Crippen molar-refractivity contribution in [1.82, 2.24) is 4.31 Å². The van der Waals surface area contributed by atoms with Gasteiger partial charge in [-0.3, -0.25) is 10.1 Å². The summed E-state index contributed by atoms with van der Waals surface area (Å²) < 4.78 is 38.2. The van der Waals surface area contributed by atoms with Crippen LogP contribution >= 0.6 is 0 Å². The largest absolute Gasteiger partial charge is 0.349 e. The smallest absolute Gasteiger partial charge is 0.289 e. The second-order valence-electron chi connectivity index (χ2n) is 5.51. The van der Waals surface area contributed by atoms with Gasteiger partial charge in [0, 0.05) is 12.6 Å². The van der Waals surface area contributed by atoms with Gasteiger partial charge in [-0.25, -0.2) is 8.42 Å². The first-order valence-corrected chi connectivity index (χ1v) is 8.94. The fourth-order valence-electron chi connectivity index (χ4n) is 3.05. The van der Waals surface area contributed by atoms with E-state index in [2.05, 4.69) is 0 Å². The van der Waals surface area contributed by atoms with Crippen LogP contribution in [0.5, 0.6) is 0 Å². The van der Waals surface area contributed by atoms with Gasteiger partial charge in [-0.15, -0.1) is 0 Å². The normalized spacial score (nSPS) is 23.9. The van der Waals surface area contributed by atoms with Crippen molar-refractivity contribution < 1.29 is 22.8 Å². The molecule has 23 heavy (non-hydrogen) atoms. The molecule has 2 heterocycles. The van der Waals surface area contributed by atoms with Crippen LogP contribution in [-0.4, -0.2) is 49.7 Å². The van der Waals surface area contributed by atoms with Crippen molar-refractivity contribution in [1.29, 1.82) is 0 Å². The highest BCUT2D eigenvalue weighted by molar-refractivity contribution is 7.89. The summed E-state index contributed by atoms with van der Waals surface area (Å²) in [5.74, 6) is 0. The number of nitro groups is 1. The zero-order valence-electron chi connectivity index (χ0n) is 12.5. The maximum atomic E-state index is 13.0. The van der Waals surface area contributed by atoms with Crippen molar-refractivity contribution >= 4 is 15.7 Å². The monoisotopic (exact) mass is 342 g/mol. The SMILES string of the molecule is O=[N+]([O-])c1ccccc1S(=O)(=O)N1CCCC[C@@H]1C1OCCO1. The molecule has 2 fully saturated rings. The number of nitrogens with zero attached hydrogens (tertiary/aromatic N) is 2. The third-order valence-electron chi connectivity index (χ3n) is 4.11. The van der Waals surface area contributed by atoms with Gasteiger partial charge in [-0.2, -0.15) is 4.31 Å². The van der Waals surface area contributed by atoms with Crippen LogP contribution in [0.2, 0.25) is 0 Å². The third-order valence-corrected chi connectivity index (χ3v) is 6.08. The highest BCUT2D eigenvalue weighted by Gasteiger charge is 2.42. The first kappa shape index (κ1) is 16.3. The van der Waals surface area contributed by atoms with Crippen molar-refractivity contribution in [3.8, 4) is 0 Å². The molecule has 0 spiro atoms. The summed E-state index contributed by atoms with van der Waals surface area (Å²) in [7, 11) is -3.99. The number of para-hydroxylation sites is 1. The Labute approximate surface area is 134 Å². The predicted molar refractivity (Wildman–Crippen MR) is 80.3 cm³/mol. The summed E-state index contributed by atoms with van der Waals surface area (Å²) in [6.07, 6.45) is 1.59. The highest BCUT2D eigenvalue weighted by Crippen LogP contribution is 2.33. The van der Waals surface area contributed by atoms with Crippen LogP contribution in [0.25, 0.3) is 0 Å². The molecule has 126 valence electrons. The zero-order chi connectivity index (χ0) is 16.4. The maximum absolute atomic E-state index is 13.0. The van der Waals surface area contributed by atoms with Gasteiger partial charge in [-0.05, 0) is 18.9 Å². The molecule has 0 radical (unpaired) electrons. The molecule has 2 aliphatic heterocycles. The van der Waals surface area contributed by atoms with E-state index in [1.54, 1.807) is 0 Å². The first-order chi connectivity index (χ1) is 11.0. The molecule has 0 bridgehead atoms. The number of rotatable bonds is 4. The first-order valence-electron chi connectivity index (χ1n) is 7.50. The van der Waals surface area contributed by atoms with Gasteiger partial charge in [0.1, 0.15) is 0 Å². The molecule has 9 heteroatoms. The Morgan fingerprint density at radius 3 is 2.57 bits per heavy atom. The van der Waals surface area contributed by atoms with Crippen molar-refractivity contribution in [2.24, 2.45) is 0 Å². The maximum Gasteiger partial charge on any atom is 0.289 e. The summed E-state index contributed by atoms with van der Waals surface area (Å²) in [6, 6.07) is 4.97. The van der Waals surface area contributed by atoms with Crippen molar-refractivity contribution in [3.63, 3.8) is 0 Å². The molecule has 0 aromatic heterocycles. The average molecular weight is 342 g/mol. The molecular weight excluding hydrogens is 324 g/mol. The lowest BCUT2D eigenvalue weighted by atomic mass is 10.0. The molecule has 1 atom stereocenters. The summed E-state index contributed by atoms with van der Waals surface area (Å²) >= 11 is 0. The second kappa shape index (κ2) is 6.52. The van der Waals surface area contributed by atoms with Crippen molar-refractivity contribution in [2.75, 3.05) is 19.8 Å². The molecule has 1 aromatic rings. The number of hydrogen-bond donors (Lipinski definition) is 0. The minimum Gasteiger partial charge on any atom is -0.349 e. The van der Waals surface area contributed by atoms with Crippen molar-refractivity contribution in [2.45, 2.75) is 36.5 Å². The number of ether oxygens (including phenoxy) is 2. The molecule has 0 aliphatic carbocycles. The van der Waals surface area contributed by atoms with E-state index in [-0.39, 0.29) is 4.90 Å². The van der Waals surface area contributed by atoms with Crippen LogP contribution < -0.4 is 0 Å². The Morgan fingerprint density at radius 1 is 1.17 bits per heavy atom. The molecule has 3 rings (SSSR count). The van der Waals surface area contributed by atoms with E-state index in [9.17, 15) is 18.5 Å². The summed E-state index contributed by atoms with van der Waals surface area (Å²) in [5.41, 5.74) is -0.412. The molecule has 0 amide bonds. The molecule has 8 nitrogen and oxygen atoms in total. The van der Waals surface area contributed by atoms with E-state index in [1.165, 1.54) is 28.6 Å². The lowest BCUT2D eigenvalue weighted by molar-refractivity contribution is -0.387. The fourth-order valence-corrected chi connectivity index (χ4v) is 4.89. The van der Waals surface area contributed by atoms with E-state index in [0.29, 0.717) is 32.6 Å². The summed E-state index contributed by atoms with van der Waals surface area (Å²) in [4.78, 5) is 10.2. The van der Waals surface area contributed by atoms with Crippen LogP contribution in [0.15, 0.2) is 29.2 Å². The van der Waals surface area contributed by atoms with Gasteiger partial charge in [0.25, 0.3) is 5.69 Å². The molecule has 2 aliphatic rings. The number of benzene rings is 1. The quantitative estimate of drug-likeness (QED) is 0.607. The third kappa shape index (κ3) is 3.09. The van der Waals surface area contributed by atoms with Gasteiger partial charge in [0.2, 0.25) is 10.0 Å². The number of piperidine rings is 1. The molecule has 2 saturated heterocycles. The number of nitro benzene ring substituents is 1. The van der Waals surface area contributed by atoms with Gasteiger partial charge >= 0.3 is 0 Å². The Hall–Kier alpha value is -1.55. The topological polar surface area (TPSA) is 99.0 Å². The van der Waals surface area contributed by atoms with Crippen LogP contribution in [0, 0.1) is 10.1 Å². The van der Waals surface area contributed by atoms with E-state index >= 15 is 0 Å². The Morgan fingerprint density at radius 2 is 1.87 bits per heavy atom. The zero-order valence-corrected chi connectivity index (χ0v) is 13.3. The van der Waals surface area contributed by atoms with E-state index in [1.807, 2.05) is 0 Å². The molecule has 1 aromatic carbocycles. The lowest BCUT2D eigenvalue weighted by Gasteiger charge is -2.36. The van der Waals surface area contributed by atoms with E-state index in [0.717, 1.165) is 6.42 Å². The molecule has 0 unspecified atom stereocenters. The van der Waals surface area contributed by atoms with Crippen LogP contribution in [0.4, 0.5) is 5.69 Å². The molecule has 0 saturated carbocycles. The summed E-state index contributed by atoms with van der Waals surface area (Å²) in [6.45, 7) is 1.17. The number of sulfonamides is 1.